The lowest BCUT2D eigenvalue weighted by Gasteiger charge is -2.44. The molecule has 0 unspecified atom stereocenters. The van der Waals surface area contributed by atoms with Crippen LogP contribution in [0.3, 0.4) is 0 Å². The first-order valence-corrected chi connectivity index (χ1v) is 8.17. The highest BCUT2D eigenvalue weighted by molar-refractivity contribution is 5.47. The molecule has 9 nitrogen and oxygen atoms in total. The molecule has 9 heteroatoms. The maximum Gasteiger partial charge on any atom is 0.268 e. The highest BCUT2D eigenvalue weighted by Gasteiger charge is 2.31. The van der Waals surface area contributed by atoms with Crippen molar-refractivity contribution in [3.8, 4) is 0 Å². The molecular weight excluding hydrogens is 320 g/mol. The monoisotopic (exact) mass is 340 g/mol. The van der Waals surface area contributed by atoms with Crippen LogP contribution in [-0.4, -0.2) is 60.4 Å². The van der Waals surface area contributed by atoms with E-state index in [1.807, 2.05) is 19.1 Å². The van der Waals surface area contributed by atoms with E-state index in [0.717, 1.165) is 36.1 Å². The molecule has 1 saturated heterocycles. The Morgan fingerprint density at radius 3 is 2.84 bits per heavy atom. The third-order valence-corrected chi connectivity index (χ3v) is 4.66. The van der Waals surface area contributed by atoms with Gasteiger partial charge in [0.15, 0.2) is 11.5 Å². The molecule has 0 amide bonds. The Labute approximate surface area is 144 Å². The second-order valence-electron chi connectivity index (χ2n) is 6.51. The highest BCUT2D eigenvalue weighted by Crippen LogP contribution is 2.22. The Morgan fingerprint density at radius 1 is 1.28 bits per heavy atom. The standard InChI is InChI=1S/C16H20N8O/c1-11-18-19-14-4-5-15(20-24(11)14)23-9-13(10-23)21(2)7-12-8-22(3)16(25)6-17-12/h4-6,8,13H,7,9-10H2,1-3H3. The molecular formula is C16H20N8O. The van der Waals surface area contributed by atoms with Gasteiger partial charge in [-0.25, -0.2) is 0 Å². The molecule has 25 heavy (non-hydrogen) atoms. The molecule has 3 aromatic rings. The van der Waals surface area contributed by atoms with Crippen molar-refractivity contribution >= 4 is 11.5 Å². The molecule has 4 heterocycles. The molecule has 0 radical (unpaired) electrons. The minimum absolute atomic E-state index is 0.0908. The van der Waals surface area contributed by atoms with Gasteiger partial charge in [-0.3, -0.25) is 14.7 Å². The van der Waals surface area contributed by atoms with Gasteiger partial charge in [0.05, 0.1) is 11.9 Å². The van der Waals surface area contributed by atoms with Crippen LogP contribution in [0.5, 0.6) is 0 Å². The van der Waals surface area contributed by atoms with Gasteiger partial charge in [-0.15, -0.1) is 15.3 Å². The fourth-order valence-corrected chi connectivity index (χ4v) is 2.99. The second-order valence-corrected chi connectivity index (χ2v) is 6.51. The second kappa shape index (κ2) is 5.92. The number of anilines is 1. The molecule has 130 valence electrons. The van der Waals surface area contributed by atoms with Gasteiger partial charge in [0.2, 0.25) is 0 Å². The van der Waals surface area contributed by atoms with E-state index in [4.69, 9.17) is 0 Å². The lowest BCUT2D eigenvalue weighted by atomic mass is 10.1. The largest absolute Gasteiger partial charge is 0.352 e. The van der Waals surface area contributed by atoms with Crippen molar-refractivity contribution in [1.29, 1.82) is 0 Å². The van der Waals surface area contributed by atoms with Crippen molar-refractivity contribution < 1.29 is 0 Å². The molecule has 4 rings (SSSR count). The van der Waals surface area contributed by atoms with Crippen LogP contribution in [-0.2, 0) is 13.6 Å². The Bertz CT molecular complexity index is 972. The summed E-state index contributed by atoms with van der Waals surface area (Å²) >= 11 is 0. The summed E-state index contributed by atoms with van der Waals surface area (Å²) in [6.45, 7) is 4.41. The van der Waals surface area contributed by atoms with Crippen molar-refractivity contribution in [2.24, 2.45) is 7.05 Å². The van der Waals surface area contributed by atoms with E-state index in [2.05, 4.69) is 37.1 Å². The maximum absolute atomic E-state index is 11.4. The summed E-state index contributed by atoms with van der Waals surface area (Å²) in [6.07, 6.45) is 3.16. The normalized spacial score (nSPS) is 15.1. The Hall–Kier alpha value is -2.81. The van der Waals surface area contributed by atoms with E-state index < -0.39 is 0 Å². The number of hydrogen-bond acceptors (Lipinski definition) is 7. The molecule has 0 atom stereocenters. The van der Waals surface area contributed by atoms with Crippen LogP contribution >= 0.6 is 0 Å². The zero-order valence-electron chi connectivity index (χ0n) is 14.5. The van der Waals surface area contributed by atoms with Crippen molar-refractivity contribution in [2.75, 3.05) is 25.0 Å². The van der Waals surface area contributed by atoms with Crippen LogP contribution < -0.4 is 10.5 Å². The van der Waals surface area contributed by atoms with Gasteiger partial charge in [0.25, 0.3) is 5.56 Å². The Kier molecular flexibility index (Phi) is 3.72. The van der Waals surface area contributed by atoms with Gasteiger partial charge >= 0.3 is 0 Å². The molecule has 1 fully saturated rings. The van der Waals surface area contributed by atoms with Crippen molar-refractivity contribution in [3.05, 3.63) is 46.4 Å². The molecule has 0 aromatic carbocycles. The van der Waals surface area contributed by atoms with Crippen LogP contribution in [0, 0.1) is 6.92 Å². The van der Waals surface area contributed by atoms with E-state index >= 15 is 0 Å². The molecule has 1 aliphatic rings. The summed E-state index contributed by atoms with van der Waals surface area (Å²) in [5, 5.41) is 12.7. The van der Waals surface area contributed by atoms with Gasteiger partial charge in [-0.1, -0.05) is 0 Å². The molecule has 0 bridgehead atoms. The number of rotatable bonds is 4. The van der Waals surface area contributed by atoms with Gasteiger partial charge in [0, 0.05) is 38.9 Å². The van der Waals surface area contributed by atoms with Crippen molar-refractivity contribution in [1.82, 2.24) is 34.3 Å². The average molecular weight is 340 g/mol. The zero-order valence-corrected chi connectivity index (χ0v) is 14.5. The van der Waals surface area contributed by atoms with E-state index in [1.54, 1.807) is 22.3 Å². The number of hydrogen-bond donors (Lipinski definition) is 0. The van der Waals surface area contributed by atoms with Crippen molar-refractivity contribution in [2.45, 2.75) is 19.5 Å². The van der Waals surface area contributed by atoms with Gasteiger partial charge in [-0.2, -0.15) is 4.52 Å². The molecule has 0 spiro atoms. The van der Waals surface area contributed by atoms with Gasteiger partial charge in [0.1, 0.15) is 5.82 Å². The third kappa shape index (κ3) is 2.86. The summed E-state index contributed by atoms with van der Waals surface area (Å²) in [5.74, 6) is 1.71. The zero-order chi connectivity index (χ0) is 17.6. The lowest BCUT2D eigenvalue weighted by Crippen LogP contribution is -2.58. The smallest absolute Gasteiger partial charge is 0.268 e. The predicted molar refractivity (Wildman–Crippen MR) is 92.5 cm³/mol. The third-order valence-electron chi connectivity index (χ3n) is 4.66. The van der Waals surface area contributed by atoms with E-state index in [-0.39, 0.29) is 5.56 Å². The van der Waals surface area contributed by atoms with Crippen LogP contribution in [0.1, 0.15) is 11.5 Å². The maximum atomic E-state index is 11.4. The van der Waals surface area contributed by atoms with Crippen LogP contribution in [0.4, 0.5) is 5.82 Å². The molecule has 1 aliphatic heterocycles. The molecule has 0 saturated carbocycles. The summed E-state index contributed by atoms with van der Waals surface area (Å²) in [6, 6.07) is 4.35. The summed E-state index contributed by atoms with van der Waals surface area (Å²) in [4.78, 5) is 20.1. The number of likely N-dealkylation sites (N-methyl/N-ethyl adjacent to an activating group) is 1. The first kappa shape index (κ1) is 15.7. The van der Waals surface area contributed by atoms with Crippen LogP contribution in [0.2, 0.25) is 0 Å². The SMILES string of the molecule is Cc1nnc2ccc(N3CC(N(C)Cc4cn(C)c(=O)cn4)C3)nn12. The van der Waals surface area contributed by atoms with Gasteiger partial charge < -0.3 is 9.47 Å². The fraction of sp³-hybridized carbons (Fsp3) is 0.438. The quantitative estimate of drug-likeness (QED) is 0.653. The minimum atomic E-state index is -0.0908. The average Bonchev–Trinajstić information content (AvgIpc) is 2.91. The number of aryl methyl sites for hydroxylation is 2. The molecule has 3 aromatic heterocycles. The topological polar surface area (TPSA) is 84.5 Å². The molecule has 0 N–H and O–H groups in total. The van der Waals surface area contributed by atoms with Crippen molar-refractivity contribution in [3.63, 3.8) is 0 Å². The first-order chi connectivity index (χ1) is 12.0. The number of aromatic nitrogens is 6. The predicted octanol–water partition coefficient (Wildman–Crippen LogP) is -0.153. The first-order valence-electron chi connectivity index (χ1n) is 8.17. The minimum Gasteiger partial charge on any atom is -0.352 e. The van der Waals surface area contributed by atoms with E-state index in [0.29, 0.717) is 12.6 Å². The summed E-state index contributed by atoms with van der Waals surface area (Å²) in [7, 11) is 3.82. The number of nitrogens with zero attached hydrogens (tertiary/aromatic N) is 8. The van der Waals surface area contributed by atoms with Crippen LogP contribution in [0.15, 0.2) is 29.3 Å². The summed E-state index contributed by atoms with van der Waals surface area (Å²) in [5.41, 5.74) is 1.56. The Balaban J connectivity index is 1.40. The fourth-order valence-electron chi connectivity index (χ4n) is 2.99. The Morgan fingerprint density at radius 2 is 2.08 bits per heavy atom. The van der Waals surface area contributed by atoms with E-state index in [9.17, 15) is 4.79 Å². The van der Waals surface area contributed by atoms with Crippen LogP contribution in [0.25, 0.3) is 5.65 Å². The molecule has 0 aliphatic carbocycles. The summed E-state index contributed by atoms with van der Waals surface area (Å²) < 4.78 is 3.32. The number of fused-ring (bicyclic) bond motifs is 1. The van der Waals surface area contributed by atoms with Gasteiger partial charge in [-0.05, 0) is 26.1 Å². The highest BCUT2D eigenvalue weighted by atomic mass is 16.1. The lowest BCUT2D eigenvalue weighted by molar-refractivity contribution is 0.194. The van der Waals surface area contributed by atoms with E-state index in [1.165, 1.54) is 6.20 Å².